The van der Waals surface area contributed by atoms with E-state index in [-0.39, 0.29) is 10.4 Å². The zero-order valence-corrected chi connectivity index (χ0v) is 13.7. The van der Waals surface area contributed by atoms with Gasteiger partial charge in [-0.1, -0.05) is 32.4 Å². The number of aromatic nitrogens is 2. The largest absolute Gasteiger partial charge is 0.383 e. The highest BCUT2D eigenvalue weighted by Gasteiger charge is 2.23. The predicted molar refractivity (Wildman–Crippen MR) is 83.2 cm³/mol. The first-order chi connectivity index (χ1) is 9.20. The summed E-state index contributed by atoms with van der Waals surface area (Å²) < 4.78 is 13.8. The van der Waals surface area contributed by atoms with E-state index < -0.39 is 5.82 Å². The van der Waals surface area contributed by atoms with Crippen LogP contribution in [0.25, 0.3) is 11.4 Å². The van der Waals surface area contributed by atoms with E-state index in [0.29, 0.717) is 21.7 Å². The predicted octanol–water partition coefficient (Wildman–Crippen LogP) is 4.58. The summed E-state index contributed by atoms with van der Waals surface area (Å²) in [5.41, 5.74) is 7.04. The van der Waals surface area contributed by atoms with Crippen LogP contribution in [0.3, 0.4) is 0 Å². The van der Waals surface area contributed by atoms with E-state index in [1.54, 1.807) is 6.07 Å². The molecule has 1 heterocycles. The number of hydrogen-bond donors (Lipinski definition) is 1. The molecule has 0 unspecified atom stereocenters. The first-order valence-electron chi connectivity index (χ1n) is 5.99. The van der Waals surface area contributed by atoms with Gasteiger partial charge in [0.15, 0.2) is 5.82 Å². The molecule has 0 saturated carbocycles. The smallest absolute Gasteiger partial charge is 0.163 e. The van der Waals surface area contributed by atoms with Crippen molar-refractivity contribution in [3.8, 4) is 11.4 Å². The van der Waals surface area contributed by atoms with Gasteiger partial charge in [0.2, 0.25) is 0 Å². The van der Waals surface area contributed by atoms with E-state index >= 15 is 0 Å². The first-order valence-corrected chi connectivity index (χ1v) is 7.16. The second-order valence-corrected chi connectivity index (χ2v) is 6.67. The summed E-state index contributed by atoms with van der Waals surface area (Å²) >= 11 is 9.46. The molecule has 20 heavy (non-hydrogen) atoms. The van der Waals surface area contributed by atoms with E-state index in [1.807, 2.05) is 20.8 Å². The Morgan fingerprint density at radius 2 is 1.90 bits per heavy atom. The molecule has 0 saturated heterocycles. The molecule has 2 rings (SSSR count). The fourth-order valence-electron chi connectivity index (χ4n) is 1.75. The number of rotatable bonds is 1. The van der Waals surface area contributed by atoms with Gasteiger partial charge in [-0.25, -0.2) is 14.4 Å². The molecule has 0 atom stereocenters. The van der Waals surface area contributed by atoms with Gasteiger partial charge in [-0.15, -0.1) is 0 Å². The molecule has 1 aromatic heterocycles. The number of benzene rings is 1. The molecular formula is C14H14BrClFN3. The van der Waals surface area contributed by atoms with Crippen LogP contribution < -0.4 is 5.73 Å². The Labute approximate surface area is 130 Å². The van der Waals surface area contributed by atoms with E-state index in [1.165, 1.54) is 12.1 Å². The minimum atomic E-state index is -0.403. The zero-order valence-electron chi connectivity index (χ0n) is 11.3. The van der Waals surface area contributed by atoms with Gasteiger partial charge >= 0.3 is 0 Å². The number of nitrogens with zero attached hydrogens (tertiary/aromatic N) is 2. The number of hydrogen-bond acceptors (Lipinski definition) is 3. The van der Waals surface area contributed by atoms with Crippen molar-refractivity contribution in [2.45, 2.75) is 26.2 Å². The molecule has 0 aliphatic rings. The number of anilines is 1. The van der Waals surface area contributed by atoms with Gasteiger partial charge in [-0.2, -0.15) is 0 Å². The number of nitrogens with two attached hydrogens (primary N) is 1. The average molecular weight is 359 g/mol. The fourth-order valence-corrected chi connectivity index (χ4v) is 2.78. The van der Waals surface area contributed by atoms with Crippen LogP contribution in [0.1, 0.15) is 26.5 Å². The standard InChI is InChI=1S/C14H14BrClFN3/c1-14(2,3)11-10(15)12(18)20-13(19-11)8-5-4-7(17)6-9(8)16/h4-6H,1-3H3,(H2,18,19,20). The van der Waals surface area contributed by atoms with Crippen molar-refractivity contribution in [2.75, 3.05) is 5.73 Å². The highest BCUT2D eigenvalue weighted by atomic mass is 79.9. The van der Waals surface area contributed by atoms with E-state index in [9.17, 15) is 4.39 Å². The SMILES string of the molecule is CC(C)(C)c1nc(-c2ccc(F)cc2Cl)nc(N)c1Br. The van der Waals surface area contributed by atoms with Gasteiger partial charge in [-0.05, 0) is 34.1 Å². The quantitative estimate of drug-likeness (QED) is 0.812. The van der Waals surface area contributed by atoms with Crippen molar-refractivity contribution in [2.24, 2.45) is 0 Å². The summed E-state index contributed by atoms with van der Waals surface area (Å²) in [5.74, 6) is 0.320. The van der Waals surface area contributed by atoms with E-state index in [2.05, 4.69) is 25.9 Å². The Kier molecular flexibility index (Phi) is 4.02. The third kappa shape index (κ3) is 2.94. The molecule has 3 nitrogen and oxygen atoms in total. The van der Waals surface area contributed by atoms with Crippen LogP contribution in [0.2, 0.25) is 5.02 Å². The van der Waals surface area contributed by atoms with Crippen molar-refractivity contribution in [1.82, 2.24) is 9.97 Å². The van der Waals surface area contributed by atoms with Crippen LogP contribution in [-0.2, 0) is 5.41 Å². The maximum absolute atomic E-state index is 13.1. The summed E-state index contributed by atoms with van der Waals surface area (Å²) in [6.45, 7) is 6.07. The van der Waals surface area contributed by atoms with Crippen LogP contribution in [0.4, 0.5) is 10.2 Å². The average Bonchev–Trinajstić information content (AvgIpc) is 2.31. The first kappa shape index (κ1) is 15.2. The zero-order chi connectivity index (χ0) is 15.1. The van der Waals surface area contributed by atoms with Crippen molar-refractivity contribution >= 4 is 33.3 Å². The lowest BCUT2D eigenvalue weighted by Crippen LogP contribution is -2.17. The van der Waals surface area contributed by atoms with Crippen LogP contribution >= 0.6 is 27.5 Å². The summed E-state index contributed by atoms with van der Waals surface area (Å²) in [4.78, 5) is 8.74. The van der Waals surface area contributed by atoms with Gasteiger partial charge in [0.25, 0.3) is 0 Å². The molecule has 0 fully saturated rings. The minimum Gasteiger partial charge on any atom is -0.383 e. The summed E-state index contributed by atoms with van der Waals surface area (Å²) in [7, 11) is 0. The monoisotopic (exact) mass is 357 g/mol. The van der Waals surface area contributed by atoms with Gasteiger partial charge in [-0.3, -0.25) is 0 Å². The molecule has 0 bridgehead atoms. The normalized spacial score (nSPS) is 11.7. The fraction of sp³-hybridized carbons (Fsp3) is 0.286. The maximum atomic E-state index is 13.1. The van der Waals surface area contributed by atoms with Crippen molar-refractivity contribution < 1.29 is 4.39 Å². The number of halogens is 3. The summed E-state index contributed by atoms with van der Waals surface area (Å²) in [6.07, 6.45) is 0. The van der Waals surface area contributed by atoms with Crippen LogP contribution in [-0.4, -0.2) is 9.97 Å². The molecule has 6 heteroatoms. The molecular weight excluding hydrogens is 345 g/mol. The summed E-state index contributed by atoms with van der Waals surface area (Å²) in [6, 6.07) is 4.10. The Morgan fingerprint density at radius 3 is 2.45 bits per heavy atom. The Morgan fingerprint density at radius 1 is 1.25 bits per heavy atom. The second-order valence-electron chi connectivity index (χ2n) is 5.47. The Balaban J connectivity index is 2.67. The Hall–Kier alpha value is -1.20. The van der Waals surface area contributed by atoms with Crippen LogP contribution in [0.15, 0.2) is 22.7 Å². The number of nitrogen functional groups attached to an aromatic ring is 1. The van der Waals surface area contributed by atoms with Crippen molar-refractivity contribution in [3.05, 3.63) is 39.2 Å². The van der Waals surface area contributed by atoms with E-state index in [0.717, 1.165) is 5.69 Å². The summed E-state index contributed by atoms with van der Waals surface area (Å²) in [5, 5.41) is 0.256. The topological polar surface area (TPSA) is 51.8 Å². The van der Waals surface area contributed by atoms with Crippen LogP contribution in [0.5, 0.6) is 0 Å². The Bertz CT molecular complexity index is 668. The third-order valence-corrected chi connectivity index (χ3v) is 3.85. The molecule has 1 aromatic carbocycles. The lowest BCUT2D eigenvalue weighted by atomic mass is 9.91. The maximum Gasteiger partial charge on any atom is 0.163 e. The molecule has 0 spiro atoms. The van der Waals surface area contributed by atoms with E-state index in [4.69, 9.17) is 17.3 Å². The lowest BCUT2D eigenvalue weighted by molar-refractivity contribution is 0.564. The van der Waals surface area contributed by atoms with Gasteiger partial charge < -0.3 is 5.73 Å². The molecule has 106 valence electrons. The highest BCUT2D eigenvalue weighted by Crippen LogP contribution is 2.34. The van der Waals surface area contributed by atoms with Crippen LogP contribution in [0, 0.1) is 5.82 Å². The second kappa shape index (κ2) is 5.30. The van der Waals surface area contributed by atoms with Gasteiger partial charge in [0.05, 0.1) is 15.2 Å². The molecule has 0 aliphatic heterocycles. The highest BCUT2D eigenvalue weighted by molar-refractivity contribution is 9.10. The third-order valence-electron chi connectivity index (χ3n) is 2.76. The lowest BCUT2D eigenvalue weighted by Gasteiger charge is -2.21. The molecule has 2 aromatic rings. The minimum absolute atomic E-state index is 0.211. The van der Waals surface area contributed by atoms with Crippen molar-refractivity contribution in [1.29, 1.82) is 0 Å². The molecule has 0 radical (unpaired) electrons. The molecule has 0 aliphatic carbocycles. The van der Waals surface area contributed by atoms with Gasteiger partial charge in [0, 0.05) is 11.0 Å². The molecule has 2 N–H and O–H groups in total. The van der Waals surface area contributed by atoms with Gasteiger partial charge in [0.1, 0.15) is 11.6 Å². The molecule has 0 amide bonds. The van der Waals surface area contributed by atoms with Crippen molar-refractivity contribution in [3.63, 3.8) is 0 Å².